The first-order valence-electron chi connectivity index (χ1n) is 16.5. The first kappa shape index (κ1) is 32.4. The molecule has 7 atom stereocenters. The zero-order chi connectivity index (χ0) is 31.8. The number of rotatable bonds is 12. The number of carbonyl (C=O) groups is 3. The number of nitrogens with zero attached hydrogens (tertiary/aromatic N) is 3. The number of likely N-dealkylation sites (tertiary alicyclic amines) is 1. The van der Waals surface area contributed by atoms with E-state index in [0.717, 1.165) is 37.7 Å². The van der Waals surface area contributed by atoms with Crippen molar-refractivity contribution in [2.24, 2.45) is 23.7 Å². The highest BCUT2D eigenvalue weighted by Gasteiger charge is 2.80. The molecule has 44 heavy (non-hydrogen) atoms. The van der Waals surface area contributed by atoms with Gasteiger partial charge in [0.05, 0.1) is 30.1 Å². The second kappa shape index (κ2) is 12.8. The Morgan fingerprint density at radius 3 is 2.34 bits per heavy atom. The van der Waals surface area contributed by atoms with Crippen molar-refractivity contribution in [3.63, 3.8) is 0 Å². The zero-order valence-corrected chi connectivity index (χ0v) is 27.0. The number of ether oxygens (including phenoxy) is 1. The molecule has 0 aromatic heterocycles. The average Bonchev–Trinajstić information content (AvgIpc) is 3.53. The maximum atomic E-state index is 14.9. The first-order valence-corrected chi connectivity index (χ1v) is 16.5. The summed E-state index contributed by atoms with van der Waals surface area (Å²) in [5.74, 6) is -2.32. The lowest BCUT2D eigenvalue weighted by molar-refractivity contribution is -0.160. The van der Waals surface area contributed by atoms with Gasteiger partial charge in [-0.2, -0.15) is 0 Å². The van der Waals surface area contributed by atoms with Crippen LogP contribution in [0, 0.1) is 23.7 Å². The van der Waals surface area contributed by atoms with E-state index in [-0.39, 0.29) is 42.2 Å². The minimum absolute atomic E-state index is 0.0614. The van der Waals surface area contributed by atoms with E-state index in [2.05, 4.69) is 20.1 Å². The third-order valence-electron chi connectivity index (χ3n) is 11.1. The monoisotopic (exact) mass is 605 g/mol. The average molecular weight is 606 g/mol. The van der Waals surface area contributed by atoms with E-state index in [1.807, 2.05) is 56.0 Å². The summed E-state index contributed by atoms with van der Waals surface area (Å²) >= 11 is 0. The van der Waals surface area contributed by atoms with Gasteiger partial charge in [0, 0.05) is 25.7 Å². The molecule has 1 spiro atoms. The molecule has 4 aliphatic rings. The summed E-state index contributed by atoms with van der Waals surface area (Å²) in [5, 5.41) is 10.6. The van der Waals surface area contributed by atoms with Crippen LogP contribution in [0.2, 0.25) is 0 Å². The van der Waals surface area contributed by atoms with Crippen LogP contribution in [-0.2, 0) is 25.7 Å². The molecule has 3 amide bonds. The fourth-order valence-corrected chi connectivity index (χ4v) is 8.81. The fraction of sp³-hybridized carbons (Fsp3) is 0.639. The van der Waals surface area contributed by atoms with Crippen molar-refractivity contribution in [1.29, 1.82) is 0 Å². The largest absolute Gasteiger partial charge is 0.394 e. The van der Waals surface area contributed by atoms with Gasteiger partial charge in [0.2, 0.25) is 17.7 Å². The Kier molecular flexibility index (Phi) is 9.43. The number of fused-ring (bicyclic) bond motifs is 1. The fourth-order valence-electron chi connectivity index (χ4n) is 8.81. The molecule has 0 radical (unpaired) electrons. The Bertz CT molecular complexity index is 1250. The molecule has 1 N–H and O–H groups in total. The predicted octanol–water partition coefficient (Wildman–Crippen LogP) is 4.58. The van der Waals surface area contributed by atoms with E-state index in [1.165, 1.54) is 0 Å². The highest BCUT2D eigenvalue weighted by atomic mass is 16.5. The summed E-state index contributed by atoms with van der Waals surface area (Å²) in [6.45, 7) is 16.6. The van der Waals surface area contributed by atoms with Gasteiger partial charge in [0.15, 0.2) is 0 Å². The summed E-state index contributed by atoms with van der Waals surface area (Å²) in [4.78, 5) is 49.7. The van der Waals surface area contributed by atoms with E-state index in [1.54, 1.807) is 22.0 Å². The van der Waals surface area contributed by atoms with Crippen LogP contribution in [0.1, 0.15) is 71.8 Å². The lowest BCUT2D eigenvalue weighted by Gasteiger charge is -2.43. The van der Waals surface area contributed by atoms with Gasteiger partial charge in [-0.1, -0.05) is 82.5 Å². The molecule has 5 rings (SSSR count). The van der Waals surface area contributed by atoms with Crippen molar-refractivity contribution in [2.45, 2.75) is 102 Å². The van der Waals surface area contributed by atoms with Crippen LogP contribution < -0.4 is 0 Å². The van der Waals surface area contributed by atoms with Crippen LogP contribution in [-0.4, -0.2) is 86.6 Å². The van der Waals surface area contributed by atoms with Crippen LogP contribution >= 0.6 is 0 Å². The highest BCUT2D eigenvalue weighted by Crippen LogP contribution is 2.66. The standard InChI is InChI=1S/C36H51N3O5/c1-7-19-37(22-26-15-11-9-12-16-26)32(41)29-30-33(42)39(28(23-40)24(3)4)31(36(30)21-25(5)35(29,6)44-36)34(43)38(20-8-2)27-17-13-10-14-18-27/h7-9,11-12,15-16,24-25,27-31,40H,1-2,10,13-14,17-23H2,3-6H3/t25?,28-,29+,30-,31?,35-,36?/m0/s1. The first-order chi connectivity index (χ1) is 21.0. The molecule has 3 unspecified atom stereocenters. The number of benzene rings is 1. The lowest BCUT2D eigenvalue weighted by Crippen LogP contribution is -2.61. The van der Waals surface area contributed by atoms with Crippen LogP contribution in [0.4, 0.5) is 0 Å². The van der Waals surface area contributed by atoms with Crippen molar-refractivity contribution in [2.75, 3.05) is 19.7 Å². The number of carbonyl (C=O) groups excluding carboxylic acids is 3. The summed E-state index contributed by atoms with van der Waals surface area (Å²) in [6, 6.07) is 8.36. The smallest absolute Gasteiger partial charge is 0.248 e. The van der Waals surface area contributed by atoms with Gasteiger partial charge < -0.3 is 24.5 Å². The Hall–Kier alpha value is -2.97. The summed E-state index contributed by atoms with van der Waals surface area (Å²) in [5.41, 5.74) is -1.09. The zero-order valence-electron chi connectivity index (χ0n) is 27.0. The van der Waals surface area contributed by atoms with E-state index >= 15 is 0 Å². The molecular weight excluding hydrogens is 554 g/mol. The predicted molar refractivity (Wildman–Crippen MR) is 170 cm³/mol. The molecule has 4 fully saturated rings. The number of hydrogen-bond donors (Lipinski definition) is 1. The van der Waals surface area contributed by atoms with E-state index in [0.29, 0.717) is 26.1 Å². The maximum Gasteiger partial charge on any atom is 0.248 e. The molecule has 240 valence electrons. The van der Waals surface area contributed by atoms with Crippen molar-refractivity contribution in [3.8, 4) is 0 Å². The minimum Gasteiger partial charge on any atom is -0.394 e. The Morgan fingerprint density at radius 1 is 1.09 bits per heavy atom. The Labute approximate surface area is 263 Å². The number of amides is 3. The van der Waals surface area contributed by atoms with Gasteiger partial charge in [0.25, 0.3) is 0 Å². The topological polar surface area (TPSA) is 90.4 Å². The second-order valence-electron chi connectivity index (χ2n) is 14.0. The van der Waals surface area contributed by atoms with Crippen molar-refractivity contribution in [1.82, 2.24) is 14.7 Å². The second-order valence-corrected chi connectivity index (χ2v) is 14.0. The molecule has 3 aliphatic heterocycles. The molecule has 1 aromatic carbocycles. The highest BCUT2D eigenvalue weighted by molar-refractivity contribution is 5.99. The van der Waals surface area contributed by atoms with Crippen LogP contribution in [0.25, 0.3) is 0 Å². The summed E-state index contributed by atoms with van der Waals surface area (Å²) in [6.07, 6.45) is 9.06. The van der Waals surface area contributed by atoms with Gasteiger partial charge in [-0.3, -0.25) is 14.4 Å². The van der Waals surface area contributed by atoms with Gasteiger partial charge in [-0.05, 0) is 43.6 Å². The lowest BCUT2D eigenvalue weighted by atomic mass is 9.62. The summed E-state index contributed by atoms with van der Waals surface area (Å²) in [7, 11) is 0. The van der Waals surface area contributed by atoms with Crippen molar-refractivity contribution >= 4 is 17.7 Å². The molecule has 3 heterocycles. The van der Waals surface area contributed by atoms with E-state index < -0.39 is 35.1 Å². The molecule has 2 bridgehead atoms. The number of aliphatic hydroxyl groups excluding tert-OH is 1. The maximum absolute atomic E-state index is 14.9. The van der Waals surface area contributed by atoms with Gasteiger partial charge in [-0.15, -0.1) is 13.2 Å². The molecule has 8 nitrogen and oxygen atoms in total. The van der Waals surface area contributed by atoms with Gasteiger partial charge in [0.1, 0.15) is 11.6 Å². The molecular formula is C36H51N3O5. The van der Waals surface area contributed by atoms with E-state index in [4.69, 9.17) is 4.74 Å². The summed E-state index contributed by atoms with van der Waals surface area (Å²) < 4.78 is 7.03. The van der Waals surface area contributed by atoms with Gasteiger partial charge >= 0.3 is 0 Å². The third-order valence-corrected chi connectivity index (χ3v) is 11.1. The molecule has 3 saturated heterocycles. The molecule has 1 aromatic rings. The van der Waals surface area contributed by atoms with E-state index in [9.17, 15) is 19.5 Å². The van der Waals surface area contributed by atoms with Crippen LogP contribution in [0.3, 0.4) is 0 Å². The van der Waals surface area contributed by atoms with Crippen LogP contribution in [0.5, 0.6) is 0 Å². The Morgan fingerprint density at radius 2 is 1.75 bits per heavy atom. The molecule has 1 saturated carbocycles. The number of hydrogen-bond acceptors (Lipinski definition) is 5. The van der Waals surface area contributed by atoms with Crippen molar-refractivity contribution in [3.05, 3.63) is 61.2 Å². The third kappa shape index (κ3) is 5.22. The normalized spacial score (nSPS) is 32.0. The quantitative estimate of drug-likeness (QED) is 0.353. The molecule has 8 heteroatoms. The van der Waals surface area contributed by atoms with Crippen LogP contribution in [0.15, 0.2) is 55.6 Å². The van der Waals surface area contributed by atoms with Gasteiger partial charge in [-0.25, -0.2) is 0 Å². The Balaban J connectivity index is 1.60. The minimum atomic E-state index is -1.16. The molecule has 1 aliphatic carbocycles. The number of aliphatic hydroxyl groups is 1. The van der Waals surface area contributed by atoms with Crippen molar-refractivity contribution < 1.29 is 24.2 Å². The SMILES string of the molecule is C=CCN(Cc1ccccc1)C(=O)[C@H]1[C@H]2C(=O)N([C@@H](CO)C(C)C)C(C(=O)N(CC=C)C3CCCCC3)C23CC(C)[C@]1(C)O3.